The Labute approximate surface area is 342 Å². The SMILES string of the molecule is Fc1nc(F)c(F)c(-c2c3nc(c(-c4c(F)c(F)nc(F)c4F)c4ccc([nH]4)c(-c4c(F)c(F)nc(F)c4F)c4ccc([nH]4)c(-c4c(F)c(F)nc(F)c4F)c4nc2C=C4)C=C3)c1F. The van der Waals surface area contributed by atoms with Gasteiger partial charge in [0.25, 0.3) is 47.6 Å². The first-order valence-electron chi connectivity index (χ1n) is 17.3. The van der Waals surface area contributed by atoms with Crippen LogP contribution in [0.1, 0.15) is 22.8 Å². The number of nitrogens with zero attached hydrogens (tertiary/aromatic N) is 6. The Bertz CT molecular complexity index is 3220. The van der Waals surface area contributed by atoms with Gasteiger partial charge in [0.1, 0.15) is 0 Å². The Morgan fingerprint density at radius 3 is 0.703 bits per heavy atom. The van der Waals surface area contributed by atoms with E-state index >= 15 is 35.1 Å². The smallest absolute Gasteiger partial charge is 0.252 e. The van der Waals surface area contributed by atoms with E-state index in [2.05, 4.69) is 39.9 Å². The summed E-state index contributed by atoms with van der Waals surface area (Å²) in [5.74, 6) is -35.6. The molecule has 7 aromatic rings. The molecule has 0 spiro atoms. The van der Waals surface area contributed by atoms with Crippen LogP contribution in [0.2, 0.25) is 0 Å². The molecule has 2 aliphatic heterocycles. The molecule has 9 rings (SSSR count). The zero-order valence-electron chi connectivity index (χ0n) is 30.3. The van der Waals surface area contributed by atoms with Crippen LogP contribution in [0.15, 0.2) is 24.3 Å². The minimum Gasteiger partial charge on any atom is -0.354 e. The van der Waals surface area contributed by atoms with Gasteiger partial charge in [0, 0.05) is 44.3 Å². The quantitative estimate of drug-likeness (QED) is 0.134. The van der Waals surface area contributed by atoms with Crippen LogP contribution in [-0.2, 0) is 0 Å². The van der Waals surface area contributed by atoms with Crippen LogP contribution in [0.25, 0.3) is 90.9 Å². The highest BCUT2D eigenvalue weighted by atomic mass is 19.2. The third kappa shape index (κ3) is 6.25. The summed E-state index contributed by atoms with van der Waals surface area (Å²) in [5.41, 5.74) is -16.7. The normalized spacial score (nSPS) is 12.2. The second-order valence-electron chi connectivity index (χ2n) is 13.3. The van der Waals surface area contributed by atoms with E-state index in [0.717, 1.165) is 48.6 Å². The molecule has 0 saturated heterocycles. The number of aromatic nitrogens is 8. The molecule has 8 nitrogen and oxygen atoms in total. The average molecular weight is 907 g/mol. The molecular weight excluding hydrogens is 896 g/mol. The minimum atomic E-state index is -2.25. The third-order valence-corrected chi connectivity index (χ3v) is 9.74. The van der Waals surface area contributed by atoms with Gasteiger partial charge in [-0.15, -0.1) is 0 Å². The zero-order valence-corrected chi connectivity index (χ0v) is 30.3. The Morgan fingerprint density at radius 2 is 0.438 bits per heavy atom. The second kappa shape index (κ2) is 14.9. The lowest BCUT2D eigenvalue weighted by atomic mass is 10.0. The number of nitrogens with one attached hydrogen (secondary N) is 2. The van der Waals surface area contributed by atoms with Crippen molar-refractivity contribution < 1.29 is 70.2 Å². The fraction of sp³-hybridized carbons (Fsp3) is 0. The molecule has 9 heterocycles. The maximum absolute atomic E-state index is 15.7. The summed E-state index contributed by atoms with van der Waals surface area (Å²) >= 11 is 0. The lowest BCUT2D eigenvalue weighted by molar-refractivity contribution is 0.410. The molecule has 7 aromatic heterocycles. The molecule has 322 valence electrons. The molecule has 0 amide bonds. The van der Waals surface area contributed by atoms with Crippen molar-refractivity contribution in [1.82, 2.24) is 39.9 Å². The van der Waals surface area contributed by atoms with Crippen molar-refractivity contribution in [3.63, 3.8) is 0 Å². The Morgan fingerprint density at radius 1 is 0.234 bits per heavy atom. The lowest BCUT2D eigenvalue weighted by Crippen LogP contribution is -2.05. The summed E-state index contributed by atoms with van der Waals surface area (Å²) in [5, 5.41) is 0. The van der Waals surface area contributed by atoms with Gasteiger partial charge in [0.2, 0.25) is 0 Å². The first-order chi connectivity index (χ1) is 30.4. The van der Waals surface area contributed by atoms with Crippen LogP contribution in [0.3, 0.4) is 0 Å². The van der Waals surface area contributed by atoms with Crippen LogP contribution in [0.5, 0.6) is 0 Å². The van der Waals surface area contributed by atoms with Gasteiger partial charge in [-0.25, -0.2) is 45.1 Å². The number of halogens is 16. The molecule has 0 radical (unpaired) electrons. The van der Waals surface area contributed by atoms with Gasteiger partial charge in [-0.1, -0.05) is 0 Å². The largest absolute Gasteiger partial charge is 0.354 e. The van der Waals surface area contributed by atoms with E-state index < -0.39 is 183 Å². The molecule has 0 unspecified atom stereocenters. The Balaban J connectivity index is 1.59. The fourth-order valence-electron chi connectivity index (χ4n) is 7.08. The fourth-order valence-corrected chi connectivity index (χ4v) is 7.08. The van der Waals surface area contributed by atoms with Crippen LogP contribution in [0.4, 0.5) is 70.2 Å². The van der Waals surface area contributed by atoms with E-state index in [1.807, 2.05) is 0 Å². The molecule has 2 aliphatic rings. The first kappa shape index (κ1) is 41.4. The summed E-state index contributed by atoms with van der Waals surface area (Å²) in [7, 11) is 0. The summed E-state index contributed by atoms with van der Waals surface area (Å²) < 4.78 is 243. The topological polar surface area (TPSA) is 109 Å². The number of pyridine rings is 4. The van der Waals surface area contributed by atoms with Gasteiger partial charge in [0.05, 0.1) is 45.0 Å². The van der Waals surface area contributed by atoms with Gasteiger partial charge < -0.3 is 9.97 Å². The monoisotopic (exact) mass is 906 g/mol. The van der Waals surface area contributed by atoms with Gasteiger partial charge in [-0.3, -0.25) is 0 Å². The molecule has 2 N–H and O–H groups in total. The zero-order chi connectivity index (χ0) is 45.8. The van der Waals surface area contributed by atoms with E-state index in [0.29, 0.717) is 0 Å². The van der Waals surface area contributed by atoms with Gasteiger partial charge in [0.15, 0.2) is 46.5 Å². The van der Waals surface area contributed by atoms with E-state index in [4.69, 9.17) is 0 Å². The number of hydrogen-bond donors (Lipinski definition) is 2. The van der Waals surface area contributed by atoms with Crippen molar-refractivity contribution in [3.05, 3.63) is 141 Å². The number of hydrogen-bond acceptors (Lipinski definition) is 6. The van der Waals surface area contributed by atoms with E-state index in [-0.39, 0.29) is 0 Å². The third-order valence-electron chi connectivity index (χ3n) is 9.74. The highest BCUT2D eigenvalue weighted by Gasteiger charge is 2.32. The van der Waals surface area contributed by atoms with E-state index in [9.17, 15) is 35.1 Å². The van der Waals surface area contributed by atoms with Gasteiger partial charge in [-0.2, -0.15) is 55.1 Å². The van der Waals surface area contributed by atoms with Crippen LogP contribution < -0.4 is 0 Å². The van der Waals surface area contributed by atoms with Gasteiger partial charge in [-0.05, 0) is 48.6 Å². The van der Waals surface area contributed by atoms with Crippen LogP contribution in [0, 0.1) is 94.1 Å². The maximum Gasteiger partial charge on any atom is 0.252 e. The molecular formula is C40H10F16N8. The van der Waals surface area contributed by atoms with Gasteiger partial charge >= 0.3 is 0 Å². The molecule has 0 aliphatic carbocycles. The highest BCUT2D eigenvalue weighted by Crippen LogP contribution is 2.43. The standard InChI is InChI=1S/C40H10F16N8/c41-25-21(26(42)34(50)61-33(25)49)17-9-1-2-10(57-9)18(22-27(43)35(51)62-36(52)28(22)44)12-5-6-14(59-12)20(24-31(47)39(55)64-40(56)32(24)48)16-8-7-15(60-16)19(13-4-3-11(17)58-13)23-29(45)37(53)63-38(54)30(23)46/h1-8,57-58H. The van der Waals surface area contributed by atoms with E-state index in [1.165, 1.54) is 0 Å². The predicted octanol–water partition coefficient (Wildman–Crippen LogP) is 11.1. The van der Waals surface area contributed by atoms with Crippen molar-refractivity contribution in [2.24, 2.45) is 0 Å². The molecule has 0 fully saturated rings. The van der Waals surface area contributed by atoms with Crippen molar-refractivity contribution in [2.75, 3.05) is 0 Å². The van der Waals surface area contributed by atoms with E-state index in [1.54, 1.807) is 0 Å². The molecule has 24 heteroatoms. The molecule has 8 bridgehead atoms. The molecule has 0 aromatic carbocycles. The van der Waals surface area contributed by atoms with Crippen LogP contribution in [-0.4, -0.2) is 39.9 Å². The minimum absolute atomic E-state index is 0.703. The van der Waals surface area contributed by atoms with Crippen molar-refractivity contribution in [1.29, 1.82) is 0 Å². The first-order valence-corrected chi connectivity index (χ1v) is 17.3. The number of aromatic amines is 2. The van der Waals surface area contributed by atoms with Crippen molar-refractivity contribution in [2.45, 2.75) is 0 Å². The van der Waals surface area contributed by atoms with Crippen LogP contribution >= 0.6 is 0 Å². The molecule has 64 heavy (non-hydrogen) atoms. The summed E-state index contributed by atoms with van der Waals surface area (Å²) in [6.45, 7) is 0. The lowest BCUT2D eigenvalue weighted by Gasteiger charge is -2.10. The number of rotatable bonds is 4. The molecule has 0 atom stereocenters. The summed E-state index contributed by atoms with van der Waals surface area (Å²) in [6.07, 6.45) is 3.06. The highest BCUT2D eigenvalue weighted by molar-refractivity contribution is 6.00. The average Bonchev–Trinajstić information content (AvgIpc) is 4.10. The number of fused-ring (bicyclic) bond motifs is 8. The second-order valence-corrected chi connectivity index (χ2v) is 13.3. The van der Waals surface area contributed by atoms with Crippen molar-refractivity contribution >= 4 is 46.4 Å². The Hall–Kier alpha value is -7.92. The Kier molecular flexibility index (Phi) is 9.63. The maximum atomic E-state index is 15.7. The number of H-pyrrole nitrogens is 2. The predicted molar refractivity (Wildman–Crippen MR) is 191 cm³/mol. The summed E-state index contributed by atoms with van der Waals surface area (Å²) in [4.78, 5) is 22.9. The van der Waals surface area contributed by atoms with Crippen molar-refractivity contribution in [3.8, 4) is 44.5 Å². The molecule has 0 saturated carbocycles. The summed E-state index contributed by atoms with van der Waals surface area (Å²) in [6, 6.07) is 3.26.